The quantitative estimate of drug-likeness (QED) is 0.530. The Morgan fingerprint density at radius 3 is 3.00 bits per heavy atom. The molecule has 4 heteroatoms. The average Bonchev–Trinajstić information content (AvgIpc) is 2.81. The highest BCUT2D eigenvalue weighted by molar-refractivity contribution is 5.23. The van der Waals surface area contributed by atoms with Gasteiger partial charge >= 0.3 is 0 Å². The maximum absolute atomic E-state index is 4.11. The van der Waals surface area contributed by atoms with Gasteiger partial charge in [0.05, 0.1) is 0 Å². The SMILES string of the molecule is C=C1CC[C@H](C#CCn2cnnn2)C1(C)C. The first-order valence-corrected chi connectivity index (χ1v) is 5.48. The molecule has 84 valence electrons. The number of hydrogen-bond donors (Lipinski definition) is 0. The third-order valence-electron chi connectivity index (χ3n) is 3.43. The van der Waals surface area contributed by atoms with Gasteiger partial charge in [-0.1, -0.05) is 37.8 Å². The minimum atomic E-state index is 0.146. The lowest BCUT2D eigenvalue weighted by molar-refractivity contribution is 0.380. The van der Waals surface area contributed by atoms with Crippen molar-refractivity contribution in [3.8, 4) is 11.8 Å². The second-order valence-electron chi connectivity index (χ2n) is 4.75. The second kappa shape index (κ2) is 4.09. The summed E-state index contributed by atoms with van der Waals surface area (Å²) in [6, 6.07) is 0. The van der Waals surface area contributed by atoms with Gasteiger partial charge in [0.15, 0.2) is 0 Å². The highest BCUT2D eigenvalue weighted by Gasteiger charge is 2.36. The Bertz CT molecular complexity index is 433. The molecular weight excluding hydrogens is 200 g/mol. The van der Waals surface area contributed by atoms with Crippen LogP contribution in [0.2, 0.25) is 0 Å². The van der Waals surface area contributed by atoms with E-state index in [2.05, 4.69) is 47.8 Å². The molecule has 1 aliphatic carbocycles. The van der Waals surface area contributed by atoms with Crippen LogP contribution in [-0.2, 0) is 6.54 Å². The molecule has 1 aromatic heterocycles. The topological polar surface area (TPSA) is 43.6 Å². The number of tetrazole rings is 1. The van der Waals surface area contributed by atoms with Crippen LogP contribution in [0.3, 0.4) is 0 Å². The first-order chi connectivity index (χ1) is 7.60. The van der Waals surface area contributed by atoms with Crippen LogP contribution in [-0.4, -0.2) is 20.2 Å². The zero-order chi connectivity index (χ0) is 11.6. The number of aromatic nitrogens is 4. The van der Waals surface area contributed by atoms with Crippen LogP contribution >= 0.6 is 0 Å². The summed E-state index contributed by atoms with van der Waals surface area (Å²) in [6.07, 6.45) is 3.79. The van der Waals surface area contributed by atoms with E-state index >= 15 is 0 Å². The molecule has 0 aromatic carbocycles. The second-order valence-corrected chi connectivity index (χ2v) is 4.75. The van der Waals surface area contributed by atoms with Crippen LogP contribution in [0.4, 0.5) is 0 Å². The normalized spacial score (nSPS) is 22.9. The van der Waals surface area contributed by atoms with E-state index in [9.17, 15) is 0 Å². The van der Waals surface area contributed by atoms with E-state index in [-0.39, 0.29) is 5.41 Å². The molecule has 4 nitrogen and oxygen atoms in total. The number of rotatable bonds is 1. The van der Waals surface area contributed by atoms with Gasteiger partial charge in [0.1, 0.15) is 12.9 Å². The van der Waals surface area contributed by atoms with Gasteiger partial charge in [-0.15, -0.1) is 5.10 Å². The van der Waals surface area contributed by atoms with Crippen molar-refractivity contribution >= 4 is 0 Å². The molecule has 0 N–H and O–H groups in total. The van der Waals surface area contributed by atoms with Gasteiger partial charge in [-0.05, 0) is 28.7 Å². The molecule has 1 aliphatic rings. The van der Waals surface area contributed by atoms with Crippen molar-refractivity contribution in [1.29, 1.82) is 0 Å². The molecule has 1 heterocycles. The van der Waals surface area contributed by atoms with Gasteiger partial charge < -0.3 is 0 Å². The first kappa shape index (κ1) is 10.9. The molecule has 0 radical (unpaired) electrons. The minimum Gasteiger partial charge on any atom is -0.221 e. The molecule has 0 bridgehead atoms. The monoisotopic (exact) mass is 216 g/mol. The van der Waals surface area contributed by atoms with Crippen LogP contribution in [0.15, 0.2) is 18.5 Å². The van der Waals surface area contributed by atoms with E-state index in [1.807, 2.05) is 0 Å². The van der Waals surface area contributed by atoms with Crippen molar-refractivity contribution in [2.75, 3.05) is 0 Å². The average molecular weight is 216 g/mol. The molecule has 1 saturated carbocycles. The molecule has 16 heavy (non-hydrogen) atoms. The molecule has 0 aliphatic heterocycles. The van der Waals surface area contributed by atoms with Gasteiger partial charge in [-0.2, -0.15) is 0 Å². The smallest absolute Gasteiger partial charge is 0.139 e. The number of hydrogen-bond acceptors (Lipinski definition) is 3. The first-order valence-electron chi connectivity index (χ1n) is 5.48. The number of nitrogens with zero attached hydrogens (tertiary/aromatic N) is 4. The van der Waals surface area contributed by atoms with Crippen molar-refractivity contribution in [2.24, 2.45) is 11.3 Å². The van der Waals surface area contributed by atoms with Crippen LogP contribution in [0.5, 0.6) is 0 Å². The highest BCUT2D eigenvalue weighted by atomic mass is 15.5. The predicted molar refractivity (Wildman–Crippen MR) is 61.2 cm³/mol. The Hall–Kier alpha value is -1.63. The molecule has 0 unspecified atom stereocenters. The van der Waals surface area contributed by atoms with E-state index in [1.165, 1.54) is 5.57 Å². The van der Waals surface area contributed by atoms with Crippen molar-refractivity contribution < 1.29 is 0 Å². The van der Waals surface area contributed by atoms with Gasteiger partial charge in [0.2, 0.25) is 0 Å². The van der Waals surface area contributed by atoms with Crippen molar-refractivity contribution in [3.63, 3.8) is 0 Å². The largest absolute Gasteiger partial charge is 0.221 e. The third kappa shape index (κ3) is 1.99. The van der Waals surface area contributed by atoms with Crippen LogP contribution in [0.25, 0.3) is 0 Å². The summed E-state index contributed by atoms with van der Waals surface area (Å²) in [7, 11) is 0. The zero-order valence-electron chi connectivity index (χ0n) is 9.77. The molecule has 0 spiro atoms. The highest BCUT2D eigenvalue weighted by Crippen LogP contribution is 2.45. The fourth-order valence-corrected chi connectivity index (χ4v) is 2.00. The van der Waals surface area contributed by atoms with E-state index in [0.29, 0.717) is 12.5 Å². The summed E-state index contributed by atoms with van der Waals surface area (Å²) in [6.45, 7) is 9.11. The van der Waals surface area contributed by atoms with Gasteiger partial charge in [-0.25, -0.2) is 4.68 Å². The third-order valence-corrected chi connectivity index (χ3v) is 3.43. The Morgan fingerprint density at radius 2 is 2.44 bits per heavy atom. The lowest BCUT2D eigenvalue weighted by Crippen LogP contribution is -2.17. The summed E-state index contributed by atoms with van der Waals surface area (Å²) < 4.78 is 1.63. The molecule has 0 amide bonds. The fourth-order valence-electron chi connectivity index (χ4n) is 2.00. The Morgan fingerprint density at radius 1 is 1.62 bits per heavy atom. The van der Waals surface area contributed by atoms with E-state index in [0.717, 1.165) is 12.8 Å². The van der Waals surface area contributed by atoms with Gasteiger partial charge in [-0.3, -0.25) is 0 Å². The van der Waals surface area contributed by atoms with E-state index < -0.39 is 0 Å². The van der Waals surface area contributed by atoms with Crippen LogP contribution in [0, 0.1) is 23.2 Å². The lowest BCUT2D eigenvalue weighted by atomic mass is 9.80. The van der Waals surface area contributed by atoms with Gasteiger partial charge in [0.25, 0.3) is 0 Å². The predicted octanol–water partition coefficient (Wildman–Crippen LogP) is 1.67. The number of allylic oxidation sites excluding steroid dienone is 1. The summed E-state index contributed by atoms with van der Waals surface area (Å²) in [5, 5.41) is 10.9. The Kier molecular flexibility index (Phi) is 2.78. The molecule has 1 fully saturated rings. The molecule has 1 aromatic rings. The molecule has 1 atom stereocenters. The molecule has 0 saturated heterocycles. The van der Waals surface area contributed by atoms with Crippen LogP contribution in [0.1, 0.15) is 26.7 Å². The summed E-state index contributed by atoms with van der Waals surface area (Å²) in [4.78, 5) is 0. The Balaban J connectivity index is 2.00. The molecule has 2 rings (SSSR count). The summed E-state index contributed by atoms with van der Waals surface area (Å²) in [5.41, 5.74) is 1.46. The molecular formula is C12H16N4. The zero-order valence-corrected chi connectivity index (χ0v) is 9.77. The summed E-state index contributed by atoms with van der Waals surface area (Å²) in [5.74, 6) is 6.86. The summed E-state index contributed by atoms with van der Waals surface area (Å²) >= 11 is 0. The maximum Gasteiger partial charge on any atom is 0.139 e. The van der Waals surface area contributed by atoms with Crippen molar-refractivity contribution in [3.05, 3.63) is 18.5 Å². The standard InChI is InChI=1S/C12H16N4/c1-10-6-7-11(12(10,2)3)5-4-8-16-9-13-14-15-16/h9,11H,1,6-8H2,2-3H3/t11-/m0/s1. The minimum absolute atomic E-state index is 0.146. The lowest BCUT2D eigenvalue weighted by Gasteiger charge is -2.23. The van der Waals surface area contributed by atoms with E-state index in [1.54, 1.807) is 11.0 Å². The van der Waals surface area contributed by atoms with Crippen LogP contribution < -0.4 is 0 Å². The Labute approximate surface area is 95.7 Å². The maximum atomic E-state index is 4.11. The fraction of sp³-hybridized carbons (Fsp3) is 0.583. The van der Waals surface area contributed by atoms with Gasteiger partial charge in [0, 0.05) is 5.92 Å². The van der Waals surface area contributed by atoms with Crippen molar-refractivity contribution in [2.45, 2.75) is 33.2 Å². The van der Waals surface area contributed by atoms with E-state index in [4.69, 9.17) is 0 Å². The van der Waals surface area contributed by atoms with Crippen molar-refractivity contribution in [1.82, 2.24) is 20.2 Å².